The minimum absolute atomic E-state index is 0.0391. The van der Waals surface area contributed by atoms with Gasteiger partial charge in [-0.2, -0.15) is 0 Å². The van der Waals surface area contributed by atoms with E-state index in [2.05, 4.69) is 12.2 Å². The molecule has 1 fully saturated rings. The zero-order chi connectivity index (χ0) is 22.4. The van der Waals surface area contributed by atoms with Crippen LogP contribution in [0.5, 0.6) is 11.5 Å². The summed E-state index contributed by atoms with van der Waals surface area (Å²) < 4.78 is 10.9. The monoisotopic (exact) mass is 444 g/mol. The molecule has 166 valence electrons. The lowest BCUT2D eigenvalue weighted by molar-refractivity contribution is -0.124. The first-order valence-electron chi connectivity index (χ1n) is 10.5. The maximum absolute atomic E-state index is 13.1. The largest absolute Gasteiger partial charge is 0.497 e. The highest BCUT2D eigenvalue weighted by Gasteiger charge is 2.41. The average Bonchev–Trinajstić information content (AvgIpc) is 3.24. The Hall–Kier alpha value is -2.73. The molecule has 31 heavy (non-hydrogen) atoms. The predicted molar refractivity (Wildman–Crippen MR) is 121 cm³/mol. The number of halogens is 1. The van der Waals surface area contributed by atoms with E-state index < -0.39 is 0 Å². The Bertz CT molecular complexity index is 916. The van der Waals surface area contributed by atoms with E-state index in [1.807, 2.05) is 18.2 Å². The van der Waals surface area contributed by atoms with E-state index in [0.29, 0.717) is 41.7 Å². The number of nitrogens with zero attached hydrogens (tertiary/aromatic N) is 1. The number of ether oxygens (including phenoxy) is 2. The van der Waals surface area contributed by atoms with E-state index in [0.717, 1.165) is 18.4 Å². The second kappa shape index (κ2) is 10.5. The van der Waals surface area contributed by atoms with Gasteiger partial charge in [0.15, 0.2) is 0 Å². The molecule has 0 radical (unpaired) electrons. The van der Waals surface area contributed by atoms with Crippen LogP contribution in [0.15, 0.2) is 42.5 Å². The zero-order valence-electron chi connectivity index (χ0n) is 18.2. The van der Waals surface area contributed by atoms with Gasteiger partial charge in [0.1, 0.15) is 11.5 Å². The summed E-state index contributed by atoms with van der Waals surface area (Å²) in [6.45, 7) is 3.48. The van der Waals surface area contributed by atoms with E-state index in [1.165, 1.54) is 0 Å². The van der Waals surface area contributed by atoms with Crippen LogP contribution in [0.3, 0.4) is 0 Å². The van der Waals surface area contributed by atoms with E-state index in [-0.39, 0.29) is 23.7 Å². The summed E-state index contributed by atoms with van der Waals surface area (Å²) in [6.07, 6.45) is 1.92. The van der Waals surface area contributed by atoms with Crippen molar-refractivity contribution in [1.82, 2.24) is 10.2 Å². The fourth-order valence-electron chi connectivity index (χ4n) is 3.97. The Morgan fingerprint density at radius 2 is 1.84 bits per heavy atom. The van der Waals surface area contributed by atoms with Crippen molar-refractivity contribution in [3.63, 3.8) is 0 Å². The Morgan fingerprint density at radius 3 is 2.48 bits per heavy atom. The molecule has 1 aliphatic heterocycles. The molecular formula is C24H29ClN2O4. The number of hydrogen-bond donors (Lipinski definition) is 1. The summed E-state index contributed by atoms with van der Waals surface area (Å²) in [7, 11) is 3.20. The summed E-state index contributed by atoms with van der Waals surface area (Å²) in [5.41, 5.74) is 1.45. The molecule has 1 aliphatic rings. The summed E-state index contributed by atoms with van der Waals surface area (Å²) in [6, 6.07) is 12.4. The second-order valence-corrected chi connectivity index (χ2v) is 8.12. The molecule has 6 nitrogen and oxygen atoms in total. The first kappa shape index (κ1) is 22.9. The molecular weight excluding hydrogens is 416 g/mol. The van der Waals surface area contributed by atoms with Crippen molar-refractivity contribution in [2.24, 2.45) is 5.92 Å². The molecule has 3 rings (SSSR count). The molecule has 0 bridgehead atoms. The Labute approximate surface area is 188 Å². The van der Waals surface area contributed by atoms with Crippen LogP contribution < -0.4 is 14.8 Å². The van der Waals surface area contributed by atoms with Crippen molar-refractivity contribution in [1.29, 1.82) is 0 Å². The quantitative estimate of drug-likeness (QED) is 0.621. The number of benzene rings is 2. The maximum Gasteiger partial charge on any atom is 0.253 e. The van der Waals surface area contributed by atoms with Crippen LogP contribution in [0.1, 0.15) is 41.6 Å². The van der Waals surface area contributed by atoms with Crippen molar-refractivity contribution in [2.75, 3.05) is 33.9 Å². The van der Waals surface area contributed by atoms with Crippen molar-refractivity contribution in [3.05, 3.63) is 58.6 Å². The normalized spacial score (nSPS) is 18.0. The first-order chi connectivity index (χ1) is 15.0. The van der Waals surface area contributed by atoms with Gasteiger partial charge in [-0.15, -0.1) is 0 Å². The number of likely N-dealkylation sites (tertiary alicyclic amines) is 1. The fraction of sp³-hybridized carbons (Fsp3) is 0.417. The average molecular weight is 445 g/mol. The summed E-state index contributed by atoms with van der Waals surface area (Å²) in [5, 5.41) is 3.61. The van der Waals surface area contributed by atoms with E-state index in [1.54, 1.807) is 43.4 Å². The number of carbonyl (C=O) groups excluding carboxylic acids is 2. The smallest absolute Gasteiger partial charge is 0.253 e. The molecule has 0 spiro atoms. The number of unbranched alkanes of at least 4 members (excludes halogenated alkanes) is 1. The lowest BCUT2D eigenvalue weighted by Gasteiger charge is -2.21. The van der Waals surface area contributed by atoms with Gasteiger partial charge in [0.05, 0.1) is 20.1 Å². The van der Waals surface area contributed by atoms with E-state index in [4.69, 9.17) is 21.1 Å². The fourth-order valence-corrected chi connectivity index (χ4v) is 4.10. The van der Waals surface area contributed by atoms with Gasteiger partial charge in [0.2, 0.25) is 5.91 Å². The number of amides is 2. The summed E-state index contributed by atoms with van der Waals surface area (Å²) in [5.74, 6) is 0.628. The van der Waals surface area contributed by atoms with Crippen molar-refractivity contribution < 1.29 is 19.1 Å². The SMILES string of the molecule is CCCCNC(=O)C1CN(C(=O)c2ccc(Cl)cc2)CC1c1ccc(OC)cc1OC. The topological polar surface area (TPSA) is 67.9 Å². The van der Waals surface area contributed by atoms with Crippen molar-refractivity contribution in [3.8, 4) is 11.5 Å². The van der Waals surface area contributed by atoms with Gasteiger partial charge in [-0.3, -0.25) is 9.59 Å². The van der Waals surface area contributed by atoms with E-state index in [9.17, 15) is 9.59 Å². The summed E-state index contributed by atoms with van der Waals surface area (Å²) >= 11 is 5.96. The second-order valence-electron chi connectivity index (χ2n) is 7.68. The Balaban J connectivity index is 1.89. The first-order valence-corrected chi connectivity index (χ1v) is 10.9. The highest BCUT2D eigenvalue weighted by atomic mass is 35.5. The lowest BCUT2D eigenvalue weighted by Crippen LogP contribution is -2.36. The number of rotatable bonds is 8. The highest BCUT2D eigenvalue weighted by Crippen LogP contribution is 2.39. The van der Waals surface area contributed by atoms with Crippen LogP contribution in [0.25, 0.3) is 0 Å². The van der Waals surface area contributed by atoms with Crippen LogP contribution in [0.2, 0.25) is 5.02 Å². The molecule has 2 aromatic carbocycles. The Kier molecular flexibility index (Phi) is 7.80. The van der Waals surface area contributed by atoms with Crippen LogP contribution in [0, 0.1) is 5.92 Å². The van der Waals surface area contributed by atoms with Crippen LogP contribution >= 0.6 is 11.6 Å². The van der Waals surface area contributed by atoms with Gasteiger partial charge < -0.3 is 19.7 Å². The van der Waals surface area contributed by atoms with Gasteiger partial charge in [0, 0.05) is 47.8 Å². The lowest BCUT2D eigenvalue weighted by atomic mass is 9.87. The van der Waals surface area contributed by atoms with E-state index >= 15 is 0 Å². The van der Waals surface area contributed by atoms with Crippen molar-refractivity contribution in [2.45, 2.75) is 25.7 Å². The van der Waals surface area contributed by atoms with Crippen LogP contribution in [-0.4, -0.2) is 50.6 Å². The van der Waals surface area contributed by atoms with Crippen molar-refractivity contribution >= 4 is 23.4 Å². The minimum Gasteiger partial charge on any atom is -0.497 e. The molecule has 2 unspecified atom stereocenters. The van der Waals surface area contributed by atoms with Crippen LogP contribution in [-0.2, 0) is 4.79 Å². The number of carbonyl (C=O) groups is 2. The van der Waals surface area contributed by atoms with Gasteiger partial charge in [-0.25, -0.2) is 0 Å². The van der Waals surface area contributed by atoms with Gasteiger partial charge in [-0.1, -0.05) is 31.0 Å². The molecule has 1 heterocycles. The highest BCUT2D eigenvalue weighted by molar-refractivity contribution is 6.30. The molecule has 2 amide bonds. The van der Waals surface area contributed by atoms with Crippen LogP contribution in [0.4, 0.5) is 0 Å². The molecule has 0 aromatic heterocycles. The molecule has 7 heteroatoms. The molecule has 0 saturated carbocycles. The molecule has 2 atom stereocenters. The Morgan fingerprint density at radius 1 is 1.10 bits per heavy atom. The third kappa shape index (κ3) is 5.31. The standard InChI is InChI=1S/C24H29ClN2O4/c1-4-5-12-26-23(28)21-15-27(24(29)16-6-8-17(25)9-7-16)14-20(21)19-11-10-18(30-2)13-22(19)31-3/h6-11,13,20-21H,4-5,12,14-15H2,1-3H3,(H,26,28). The van der Waals surface area contributed by atoms with Gasteiger partial charge in [-0.05, 0) is 36.8 Å². The number of nitrogens with one attached hydrogen (secondary N) is 1. The molecule has 2 aromatic rings. The zero-order valence-corrected chi connectivity index (χ0v) is 18.9. The van der Waals surface area contributed by atoms with Gasteiger partial charge >= 0.3 is 0 Å². The minimum atomic E-state index is -0.365. The predicted octanol–water partition coefficient (Wildman–Crippen LogP) is 4.13. The number of hydrogen-bond acceptors (Lipinski definition) is 4. The number of methoxy groups -OCH3 is 2. The molecule has 1 N–H and O–H groups in total. The van der Waals surface area contributed by atoms with Gasteiger partial charge in [0.25, 0.3) is 5.91 Å². The summed E-state index contributed by atoms with van der Waals surface area (Å²) in [4.78, 5) is 27.9. The third-order valence-electron chi connectivity index (χ3n) is 5.70. The molecule has 1 saturated heterocycles. The third-order valence-corrected chi connectivity index (χ3v) is 5.96. The molecule has 0 aliphatic carbocycles. The maximum atomic E-state index is 13.1.